The van der Waals surface area contributed by atoms with Gasteiger partial charge in [0.05, 0.1) is 0 Å². The third kappa shape index (κ3) is 6.34. The molecular formula is C24H35ClF2O. The molecule has 0 radical (unpaired) electrons. The normalized spacial score (nSPS) is 28.5. The van der Waals surface area contributed by atoms with Crippen LogP contribution in [0.4, 0.5) is 8.78 Å². The second-order valence-electron chi connectivity index (χ2n) is 9.03. The molecule has 1 aromatic rings. The van der Waals surface area contributed by atoms with E-state index in [1.54, 1.807) is 6.07 Å². The number of alkyl halides is 2. The monoisotopic (exact) mass is 412 g/mol. The largest absolute Gasteiger partial charge is 0.434 e. The number of halogens is 3. The van der Waals surface area contributed by atoms with Gasteiger partial charge in [-0.3, -0.25) is 0 Å². The van der Waals surface area contributed by atoms with Crippen molar-refractivity contribution >= 4 is 11.6 Å². The smallest absolute Gasteiger partial charge is 0.387 e. The van der Waals surface area contributed by atoms with Gasteiger partial charge in [-0.15, -0.1) is 0 Å². The predicted molar refractivity (Wildman–Crippen MR) is 112 cm³/mol. The highest BCUT2D eigenvalue weighted by atomic mass is 35.5. The molecule has 0 aliphatic heterocycles. The molecule has 0 N–H and O–H groups in total. The van der Waals surface area contributed by atoms with Crippen molar-refractivity contribution in [3.8, 4) is 5.75 Å². The van der Waals surface area contributed by atoms with Gasteiger partial charge in [-0.1, -0.05) is 76.0 Å². The fraction of sp³-hybridized carbons (Fsp3) is 0.750. The third-order valence-corrected chi connectivity index (χ3v) is 7.36. The lowest BCUT2D eigenvalue weighted by Crippen LogP contribution is -2.18. The second kappa shape index (κ2) is 10.8. The van der Waals surface area contributed by atoms with Gasteiger partial charge in [0.15, 0.2) is 0 Å². The fourth-order valence-corrected chi connectivity index (χ4v) is 5.66. The van der Waals surface area contributed by atoms with Crippen LogP contribution in [-0.2, 0) is 0 Å². The Balaban J connectivity index is 1.44. The quantitative estimate of drug-likeness (QED) is 0.415. The Morgan fingerprint density at radius 2 is 1.43 bits per heavy atom. The molecule has 0 atom stereocenters. The zero-order valence-electron chi connectivity index (χ0n) is 17.1. The molecule has 0 heterocycles. The molecule has 1 aromatic carbocycles. The molecule has 28 heavy (non-hydrogen) atoms. The minimum Gasteiger partial charge on any atom is -0.434 e. The van der Waals surface area contributed by atoms with Crippen LogP contribution in [-0.4, -0.2) is 6.61 Å². The van der Waals surface area contributed by atoms with Crippen LogP contribution in [0.2, 0.25) is 5.02 Å². The highest BCUT2D eigenvalue weighted by Gasteiger charge is 2.27. The lowest BCUT2D eigenvalue weighted by Gasteiger charge is -2.32. The maximum absolute atomic E-state index is 12.7. The molecule has 0 unspecified atom stereocenters. The van der Waals surface area contributed by atoms with Crippen molar-refractivity contribution in [1.82, 2.24) is 0 Å². The first-order chi connectivity index (χ1) is 13.5. The van der Waals surface area contributed by atoms with Crippen LogP contribution in [0, 0.1) is 17.8 Å². The molecule has 2 aliphatic rings. The fourth-order valence-electron chi connectivity index (χ4n) is 5.49. The summed E-state index contributed by atoms with van der Waals surface area (Å²) in [5.41, 5.74) is 0.900. The van der Waals surface area contributed by atoms with E-state index in [4.69, 9.17) is 16.3 Å². The van der Waals surface area contributed by atoms with E-state index in [-0.39, 0.29) is 5.75 Å². The summed E-state index contributed by atoms with van der Waals surface area (Å²) in [6, 6.07) is 5.19. The van der Waals surface area contributed by atoms with Gasteiger partial charge in [-0.05, 0) is 67.1 Å². The van der Waals surface area contributed by atoms with Crippen molar-refractivity contribution in [2.45, 2.75) is 96.5 Å². The molecule has 2 saturated carbocycles. The van der Waals surface area contributed by atoms with Gasteiger partial charge in [0.25, 0.3) is 0 Å². The summed E-state index contributed by atoms with van der Waals surface area (Å²) in [6.45, 7) is -0.504. The lowest BCUT2D eigenvalue weighted by molar-refractivity contribution is -0.0507. The van der Waals surface area contributed by atoms with E-state index in [1.807, 2.05) is 6.07 Å². The van der Waals surface area contributed by atoms with E-state index in [0.29, 0.717) is 10.9 Å². The van der Waals surface area contributed by atoms with Gasteiger partial charge in [0.1, 0.15) is 5.75 Å². The molecule has 1 nitrogen and oxygen atoms in total. The van der Waals surface area contributed by atoms with Crippen molar-refractivity contribution in [2.24, 2.45) is 17.8 Å². The molecule has 3 rings (SSSR count). The first-order valence-corrected chi connectivity index (χ1v) is 11.7. The molecule has 0 aromatic heterocycles. The molecule has 0 saturated heterocycles. The highest BCUT2D eigenvalue weighted by molar-refractivity contribution is 6.30. The van der Waals surface area contributed by atoms with E-state index < -0.39 is 6.61 Å². The zero-order chi connectivity index (χ0) is 19.9. The van der Waals surface area contributed by atoms with Gasteiger partial charge in [0, 0.05) is 5.02 Å². The van der Waals surface area contributed by atoms with Gasteiger partial charge in [-0.25, -0.2) is 0 Å². The summed E-state index contributed by atoms with van der Waals surface area (Å²) in [4.78, 5) is 0. The molecule has 4 heteroatoms. The molecule has 158 valence electrons. The third-order valence-electron chi connectivity index (χ3n) is 7.12. The van der Waals surface area contributed by atoms with Crippen LogP contribution in [0.25, 0.3) is 0 Å². The van der Waals surface area contributed by atoms with Gasteiger partial charge in [-0.2, -0.15) is 8.78 Å². The summed E-state index contributed by atoms with van der Waals surface area (Å²) in [7, 11) is 0. The number of hydrogen-bond donors (Lipinski definition) is 0. The average Bonchev–Trinajstić information content (AvgIpc) is 2.68. The minimum absolute atomic E-state index is 0.259. The SMILES string of the molecule is CCCC1CCC(CCC2CCC(c3ccc(Cl)cc3OC(F)F)CC2)CC1. The Bertz CT molecular complexity index is 590. The summed E-state index contributed by atoms with van der Waals surface area (Å²) in [5, 5.41) is 0.446. The topological polar surface area (TPSA) is 9.23 Å². The molecular weight excluding hydrogens is 378 g/mol. The van der Waals surface area contributed by atoms with Gasteiger partial charge in [0.2, 0.25) is 0 Å². The maximum Gasteiger partial charge on any atom is 0.387 e. The van der Waals surface area contributed by atoms with E-state index >= 15 is 0 Å². The standard InChI is InChI=1S/C24H35ClF2O/c1-2-3-17-4-6-18(7-5-17)8-9-19-10-12-20(13-11-19)22-15-14-21(25)16-23(22)28-24(26)27/h14-20,24H,2-13H2,1H3. The molecule has 0 spiro atoms. The van der Waals surface area contributed by atoms with Crippen molar-refractivity contribution in [3.63, 3.8) is 0 Å². The van der Waals surface area contributed by atoms with Crippen molar-refractivity contribution < 1.29 is 13.5 Å². The Kier molecular flexibility index (Phi) is 8.44. The van der Waals surface area contributed by atoms with Crippen LogP contribution in [0.1, 0.15) is 95.5 Å². The predicted octanol–water partition coefficient (Wildman–Crippen LogP) is 8.60. The van der Waals surface area contributed by atoms with E-state index in [2.05, 4.69) is 6.92 Å². The van der Waals surface area contributed by atoms with Crippen LogP contribution >= 0.6 is 11.6 Å². The zero-order valence-corrected chi connectivity index (χ0v) is 17.9. The molecule has 2 fully saturated rings. The molecule has 2 aliphatic carbocycles. The van der Waals surface area contributed by atoms with Crippen molar-refractivity contribution in [2.75, 3.05) is 0 Å². The van der Waals surface area contributed by atoms with Gasteiger partial charge < -0.3 is 4.74 Å². The van der Waals surface area contributed by atoms with E-state index in [0.717, 1.165) is 36.2 Å². The summed E-state index contributed by atoms with van der Waals surface area (Å²) in [6.07, 6.45) is 15.7. The van der Waals surface area contributed by atoms with Crippen LogP contribution in [0.3, 0.4) is 0 Å². The maximum atomic E-state index is 12.7. The van der Waals surface area contributed by atoms with Crippen molar-refractivity contribution in [1.29, 1.82) is 0 Å². The average molecular weight is 413 g/mol. The summed E-state index contributed by atoms with van der Waals surface area (Å²) < 4.78 is 30.2. The first kappa shape index (κ1) is 21.9. The lowest BCUT2D eigenvalue weighted by atomic mass is 9.74. The summed E-state index contributed by atoms with van der Waals surface area (Å²) in [5.74, 6) is 3.30. The highest BCUT2D eigenvalue weighted by Crippen LogP contribution is 2.43. The van der Waals surface area contributed by atoms with Crippen LogP contribution in [0.15, 0.2) is 18.2 Å². The van der Waals surface area contributed by atoms with Crippen LogP contribution in [0.5, 0.6) is 5.75 Å². The Morgan fingerprint density at radius 3 is 1.96 bits per heavy atom. The summed E-state index contributed by atoms with van der Waals surface area (Å²) >= 11 is 5.98. The Hall–Kier alpha value is -0.830. The van der Waals surface area contributed by atoms with Crippen LogP contribution < -0.4 is 4.74 Å². The van der Waals surface area contributed by atoms with Crippen molar-refractivity contribution in [3.05, 3.63) is 28.8 Å². The van der Waals surface area contributed by atoms with E-state index in [1.165, 1.54) is 70.3 Å². The number of hydrogen-bond acceptors (Lipinski definition) is 1. The molecule has 0 amide bonds. The Morgan fingerprint density at radius 1 is 0.893 bits per heavy atom. The second-order valence-corrected chi connectivity index (χ2v) is 9.47. The first-order valence-electron chi connectivity index (χ1n) is 11.3. The van der Waals surface area contributed by atoms with Gasteiger partial charge >= 0.3 is 6.61 Å². The number of ether oxygens (including phenoxy) is 1. The molecule has 0 bridgehead atoms. The number of rotatable bonds is 8. The minimum atomic E-state index is -2.80. The number of benzene rings is 1. The Labute approximate surface area is 174 Å². The van der Waals surface area contributed by atoms with E-state index in [9.17, 15) is 8.78 Å².